The maximum Gasteiger partial charge on any atom is 0.332 e. The highest BCUT2D eigenvalue weighted by Crippen LogP contribution is 2.42. The Morgan fingerprint density at radius 3 is 2.53 bits per heavy atom. The third kappa shape index (κ3) is 4.49. The van der Waals surface area contributed by atoms with E-state index in [1.807, 2.05) is 6.92 Å². The molecule has 1 aliphatic heterocycles. The summed E-state index contributed by atoms with van der Waals surface area (Å²) in [5.74, 6) is 0. The molecule has 1 aromatic rings. The number of aryl methyl sites for hydroxylation is 1. The standard InChI is InChI=1S/C11H16NO5PS/c1-10-2-4-11(5-3-10)19(13,14)12-6-7-15-18-16-8-9-17-18/h2-5,12H,6-9H2,1H3. The zero-order valence-electron chi connectivity index (χ0n) is 10.5. The summed E-state index contributed by atoms with van der Waals surface area (Å²) in [6.45, 7) is 3.36. The fourth-order valence-electron chi connectivity index (χ4n) is 1.43. The first kappa shape index (κ1) is 14.8. The van der Waals surface area contributed by atoms with Crippen LogP contribution in [0.15, 0.2) is 29.2 Å². The average Bonchev–Trinajstić information content (AvgIpc) is 2.88. The smallest absolute Gasteiger partial charge is 0.311 e. The zero-order valence-corrected chi connectivity index (χ0v) is 12.2. The lowest BCUT2D eigenvalue weighted by atomic mass is 10.2. The molecule has 6 nitrogen and oxygen atoms in total. The van der Waals surface area contributed by atoms with Crippen LogP contribution in [0.3, 0.4) is 0 Å². The molecule has 0 saturated carbocycles. The van der Waals surface area contributed by atoms with Crippen LogP contribution in [-0.4, -0.2) is 34.8 Å². The third-order valence-corrected chi connectivity index (χ3v) is 5.06. The van der Waals surface area contributed by atoms with Crippen LogP contribution in [0.1, 0.15) is 5.56 Å². The van der Waals surface area contributed by atoms with Crippen LogP contribution in [0, 0.1) is 6.92 Å². The largest absolute Gasteiger partial charge is 0.332 e. The summed E-state index contributed by atoms with van der Waals surface area (Å²) in [6.07, 6.45) is 0. The van der Waals surface area contributed by atoms with Gasteiger partial charge in [0.2, 0.25) is 10.0 Å². The van der Waals surface area contributed by atoms with Crippen molar-refractivity contribution < 1.29 is 22.0 Å². The predicted octanol–water partition coefficient (Wildman–Crippen LogP) is 1.56. The van der Waals surface area contributed by atoms with Crippen LogP contribution < -0.4 is 4.72 Å². The molecular formula is C11H16NO5PS. The van der Waals surface area contributed by atoms with Gasteiger partial charge in [-0.3, -0.25) is 0 Å². The van der Waals surface area contributed by atoms with Crippen LogP contribution in [0.2, 0.25) is 0 Å². The highest BCUT2D eigenvalue weighted by molar-refractivity contribution is 7.89. The van der Waals surface area contributed by atoms with E-state index in [9.17, 15) is 8.42 Å². The molecule has 1 saturated heterocycles. The maximum absolute atomic E-state index is 11.9. The van der Waals surface area contributed by atoms with Gasteiger partial charge in [-0.05, 0) is 19.1 Å². The van der Waals surface area contributed by atoms with Gasteiger partial charge in [0.1, 0.15) is 0 Å². The molecule has 0 bridgehead atoms. The zero-order chi connectivity index (χ0) is 13.7. The Morgan fingerprint density at radius 2 is 1.89 bits per heavy atom. The van der Waals surface area contributed by atoms with Gasteiger partial charge in [-0.1, -0.05) is 17.7 Å². The molecule has 1 N–H and O–H groups in total. The summed E-state index contributed by atoms with van der Waals surface area (Å²) in [7, 11) is -4.76. The maximum atomic E-state index is 11.9. The van der Waals surface area contributed by atoms with Gasteiger partial charge in [-0.25, -0.2) is 13.1 Å². The number of benzene rings is 1. The lowest BCUT2D eigenvalue weighted by Crippen LogP contribution is -2.27. The Morgan fingerprint density at radius 1 is 1.26 bits per heavy atom. The summed E-state index contributed by atoms with van der Waals surface area (Å²) in [5, 5.41) is 0. The van der Waals surface area contributed by atoms with Crippen molar-refractivity contribution >= 4 is 18.6 Å². The predicted molar refractivity (Wildman–Crippen MR) is 71.1 cm³/mol. The average molecular weight is 305 g/mol. The van der Waals surface area contributed by atoms with E-state index >= 15 is 0 Å². The Kier molecular flexibility index (Phi) is 5.27. The van der Waals surface area contributed by atoms with Gasteiger partial charge in [0.05, 0.1) is 24.7 Å². The van der Waals surface area contributed by atoms with Crippen LogP contribution in [0.5, 0.6) is 0 Å². The minimum atomic E-state index is -3.48. The van der Waals surface area contributed by atoms with E-state index in [4.69, 9.17) is 13.6 Å². The van der Waals surface area contributed by atoms with Gasteiger partial charge < -0.3 is 13.6 Å². The normalized spacial score (nSPS) is 16.9. The molecule has 0 aliphatic carbocycles. The van der Waals surface area contributed by atoms with Crippen molar-refractivity contribution in [3.05, 3.63) is 29.8 Å². The minimum Gasteiger partial charge on any atom is -0.311 e. The molecule has 1 heterocycles. The first-order valence-corrected chi connectivity index (χ1v) is 8.41. The Labute approximate surface area is 114 Å². The fraction of sp³-hybridized carbons (Fsp3) is 0.455. The van der Waals surface area contributed by atoms with Crippen molar-refractivity contribution in [2.45, 2.75) is 11.8 Å². The van der Waals surface area contributed by atoms with Gasteiger partial charge in [0.25, 0.3) is 0 Å². The van der Waals surface area contributed by atoms with E-state index < -0.39 is 18.6 Å². The van der Waals surface area contributed by atoms with Crippen molar-refractivity contribution in [1.29, 1.82) is 0 Å². The first-order chi connectivity index (χ1) is 9.08. The van der Waals surface area contributed by atoms with Crippen molar-refractivity contribution in [3.63, 3.8) is 0 Å². The van der Waals surface area contributed by atoms with Gasteiger partial charge in [0, 0.05) is 6.54 Å². The van der Waals surface area contributed by atoms with Gasteiger partial charge >= 0.3 is 8.60 Å². The summed E-state index contributed by atoms with van der Waals surface area (Å²) in [4.78, 5) is 0.247. The van der Waals surface area contributed by atoms with Crippen LogP contribution in [0.4, 0.5) is 0 Å². The summed E-state index contributed by atoms with van der Waals surface area (Å²) in [5.41, 5.74) is 1.01. The molecule has 1 aliphatic rings. The number of hydrogen-bond donors (Lipinski definition) is 1. The van der Waals surface area contributed by atoms with E-state index in [0.29, 0.717) is 13.2 Å². The Hall–Kier alpha value is -0.560. The van der Waals surface area contributed by atoms with E-state index in [1.165, 1.54) is 0 Å². The molecule has 8 heteroatoms. The number of sulfonamides is 1. The van der Waals surface area contributed by atoms with Crippen LogP contribution >= 0.6 is 8.60 Å². The molecule has 0 spiro atoms. The lowest BCUT2D eigenvalue weighted by Gasteiger charge is -2.09. The molecular weight excluding hydrogens is 289 g/mol. The van der Waals surface area contributed by atoms with E-state index in [-0.39, 0.29) is 18.0 Å². The van der Waals surface area contributed by atoms with E-state index in [0.717, 1.165) is 5.56 Å². The minimum absolute atomic E-state index is 0.182. The van der Waals surface area contributed by atoms with Crippen molar-refractivity contribution in [2.75, 3.05) is 26.4 Å². The van der Waals surface area contributed by atoms with Gasteiger partial charge in [0.15, 0.2) is 0 Å². The third-order valence-electron chi connectivity index (χ3n) is 2.40. The van der Waals surface area contributed by atoms with Crippen LogP contribution in [-0.2, 0) is 23.6 Å². The monoisotopic (exact) mass is 305 g/mol. The quantitative estimate of drug-likeness (QED) is 0.638. The fourth-order valence-corrected chi connectivity index (χ4v) is 3.36. The van der Waals surface area contributed by atoms with Gasteiger partial charge in [-0.15, -0.1) is 0 Å². The Bertz CT molecular complexity index is 498. The summed E-state index contributed by atoms with van der Waals surface area (Å²) in [6, 6.07) is 6.67. The highest BCUT2D eigenvalue weighted by Gasteiger charge is 2.19. The number of rotatable bonds is 6. The molecule has 2 rings (SSSR count). The summed E-state index contributed by atoms with van der Waals surface area (Å²) < 4.78 is 41.8. The van der Waals surface area contributed by atoms with Crippen molar-refractivity contribution in [2.24, 2.45) is 0 Å². The molecule has 1 fully saturated rings. The first-order valence-electron chi connectivity index (χ1n) is 5.83. The number of nitrogens with one attached hydrogen (secondary N) is 1. The van der Waals surface area contributed by atoms with E-state index in [2.05, 4.69) is 4.72 Å². The SMILES string of the molecule is Cc1ccc(S(=O)(=O)NCCOP2OCCO2)cc1. The molecule has 0 aromatic heterocycles. The van der Waals surface area contributed by atoms with E-state index in [1.54, 1.807) is 24.3 Å². The van der Waals surface area contributed by atoms with Crippen LogP contribution in [0.25, 0.3) is 0 Å². The molecule has 0 amide bonds. The molecule has 0 atom stereocenters. The second-order valence-electron chi connectivity index (χ2n) is 3.93. The number of hydrogen-bond acceptors (Lipinski definition) is 5. The second kappa shape index (κ2) is 6.74. The Balaban J connectivity index is 1.79. The van der Waals surface area contributed by atoms with Crippen molar-refractivity contribution in [3.8, 4) is 0 Å². The second-order valence-corrected chi connectivity index (χ2v) is 6.92. The van der Waals surface area contributed by atoms with Crippen molar-refractivity contribution in [1.82, 2.24) is 4.72 Å². The molecule has 0 radical (unpaired) electrons. The topological polar surface area (TPSA) is 73.9 Å². The highest BCUT2D eigenvalue weighted by atomic mass is 32.2. The molecule has 1 aromatic carbocycles. The van der Waals surface area contributed by atoms with Gasteiger partial charge in [-0.2, -0.15) is 0 Å². The molecule has 0 unspecified atom stereocenters. The lowest BCUT2D eigenvalue weighted by molar-refractivity contribution is 0.251. The summed E-state index contributed by atoms with van der Waals surface area (Å²) >= 11 is 0. The molecule has 19 heavy (non-hydrogen) atoms. The molecule has 106 valence electrons.